The first kappa shape index (κ1) is 15.9. The summed E-state index contributed by atoms with van der Waals surface area (Å²) >= 11 is 0. The Balaban J connectivity index is 2.45. The summed E-state index contributed by atoms with van der Waals surface area (Å²) in [5.74, 6) is 0.805. The minimum Gasteiger partial charge on any atom is -0.392 e. The highest BCUT2D eigenvalue weighted by molar-refractivity contribution is 4.87. The zero-order valence-electron chi connectivity index (χ0n) is 12.7. The fraction of sp³-hybridized carbons (Fsp3) is 1.00. The molecule has 108 valence electrons. The van der Waals surface area contributed by atoms with Crippen LogP contribution in [0, 0.1) is 5.92 Å². The number of likely N-dealkylation sites (N-methyl/N-ethyl adjacent to an activating group) is 1. The van der Waals surface area contributed by atoms with E-state index in [0.29, 0.717) is 6.04 Å². The second-order valence-electron chi connectivity index (χ2n) is 6.18. The second kappa shape index (κ2) is 8.13. The van der Waals surface area contributed by atoms with Crippen molar-refractivity contribution in [3.8, 4) is 0 Å². The molecule has 1 fully saturated rings. The average Bonchev–Trinajstić information content (AvgIpc) is 2.63. The molecule has 1 rings (SSSR count). The van der Waals surface area contributed by atoms with Gasteiger partial charge in [-0.05, 0) is 32.9 Å². The summed E-state index contributed by atoms with van der Waals surface area (Å²) in [5, 5.41) is 9.88. The van der Waals surface area contributed by atoms with E-state index in [1.165, 1.54) is 32.2 Å². The Morgan fingerprint density at radius 2 is 2.06 bits per heavy atom. The molecule has 0 radical (unpaired) electrons. The van der Waals surface area contributed by atoms with Crippen LogP contribution in [0.15, 0.2) is 0 Å². The fourth-order valence-electron chi connectivity index (χ4n) is 3.04. The van der Waals surface area contributed by atoms with Gasteiger partial charge in [0, 0.05) is 25.7 Å². The van der Waals surface area contributed by atoms with Crippen molar-refractivity contribution in [1.82, 2.24) is 9.80 Å². The number of aliphatic hydroxyl groups excluding tert-OH is 1. The van der Waals surface area contributed by atoms with Crippen molar-refractivity contribution >= 4 is 0 Å². The maximum absolute atomic E-state index is 9.88. The monoisotopic (exact) mass is 256 g/mol. The van der Waals surface area contributed by atoms with Crippen molar-refractivity contribution in [3.63, 3.8) is 0 Å². The van der Waals surface area contributed by atoms with E-state index in [9.17, 15) is 5.11 Å². The molecular weight excluding hydrogens is 224 g/mol. The van der Waals surface area contributed by atoms with Gasteiger partial charge in [0.05, 0.1) is 6.10 Å². The fourth-order valence-corrected chi connectivity index (χ4v) is 3.04. The Morgan fingerprint density at radius 3 is 2.61 bits per heavy atom. The molecule has 3 nitrogen and oxygen atoms in total. The van der Waals surface area contributed by atoms with Gasteiger partial charge in [-0.25, -0.2) is 0 Å². The summed E-state index contributed by atoms with van der Waals surface area (Å²) in [7, 11) is 4.24. The zero-order valence-corrected chi connectivity index (χ0v) is 12.7. The SMILES string of the molecule is CCCCC(CC)CN1CC(O)CC1CN(C)C. The van der Waals surface area contributed by atoms with Gasteiger partial charge in [0.2, 0.25) is 0 Å². The molecule has 0 aromatic heterocycles. The molecule has 18 heavy (non-hydrogen) atoms. The highest BCUT2D eigenvalue weighted by atomic mass is 16.3. The lowest BCUT2D eigenvalue weighted by atomic mass is 9.98. The molecule has 1 aliphatic rings. The Labute approximate surface area is 113 Å². The standard InChI is InChI=1S/C15H32N2O/c1-5-7-8-13(6-2)10-17-12-15(18)9-14(17)11-16(3)4/h13-15,18H,5-12H2,1-4H3. The lowest BCUT2D eigenvalue weighted by Crippen LogP contribution is -2.40. The van der Waals surface area contributed by atoms with Gasteiger partial charge in [0.25, 0.3) is 0 Å². The second-order valence-corrected chi connectivity index (χ2v) is 6.18. The third-order valence-electron chi connectivity index (χ3n) is 4.12. The van der Waals surface area contributed by atoms with Crippen LogP contribution >= 0.6 is 0 Å². The van der Waals surface area contributed by atoms with Crippen LogP contribution in [-0.4, -0.2) is 60.8 Å². The lowest BCUT2D eigenvalue weighted by molar-refractivity contribution is 0.155. The molecule has 0 aromatic rings. The molecule has 3 heteroatoms. The van der Waals surface area contributed by atoms with E-state index >= 15 is 0 Å². The highest BCUT2D eigenvalue weighted by Gasteiger charge is 2.31. The van der Waals surface area contributed by atoms with E-state index in [4.69, 9.17) is 0 Å². The quantitative estimate of drug-likeness (QED) is 0.721. The summed E-state index contributed by atoms with van der Waals surface area (Å²) < 4.78 is 0. The van der Waals surface area contributed by atoms with Crippen molar-refractivity contribution in [2.24, 2.45) is 5.92 Å². The van der Waals surface area contributed by atoms with Crippen molar-refractivity contribution in [3.05, 3.63) is 0 Å². The average molecular weight is 256 g/mol. The van der Waals surface area contributed by atoms with Gasteiger partial charge in [-0.2, -0.15) is 0 Å². The number of β-amino-alcohol motifs (C(OH)–C–C–N with tert-alkyl or cyclic N) is 1. The Kier molecular flexibility index (Phi) is 7.20. The molecule has 3 atom stereocenters. The maximum atomic E-state index is 9.88. The molecule has 0 aliphatic carbocycles. The number of hydrogen-bond donors (Lipinski definition) is 1. The van der Waals surface area contributed by atoms with Crippen LogP contribution in [0.4, 0.5) is 0 Å². The van der Waals surface area contributed by atoms with E-state index in [1.54, 1.807) is 0 Å². The predicted molar refractivity (Wildman–Crippen MR) is 77.8 cm³/mol. The van der Waals surface area contributed by atoms with Gasteiger partial charge in [-0.15, -0.1) is 0 Å². The van der Waals surface area contributed by atoms with Gasteiger partial charge in [0.1, 0.15) is 0 Å². The maximum Gasteiger partial charge on any atom is 0.0682 e. The van der Waals surface area contributed by atoms with Gasteiger partial charge in [0.15, 0.2) is 0 Å². The third kappa shape index (κ3) is 5.25. The summed E-state index contributed by atoms with van der Waals surface area (Å²) in [4.78, 5) is 4.76. The first-order valence-corrected chi connectivity index (χ1v) is 7.63. The molecular formula is C15H32N2O. The third-order valence-corrected chi connectivity index (χ3v) is 4.12. The highest BCUT2D eigenvalue weighted by Crippen LogP contribution is 2.23. The van der Waals surface area contributed by atoms with Crippen LogP contribution in [0.2, 0.25) is 0 Å². The predicted octanol–water partition coefficient (Wildman–Crippen LogP) is 2.20. The number of aliphatic hydroxyl groups is 1. The van der Waals surface area contributed by atoms with Crippen LogP contribution in [0.3, 0.4) is 0 Å². The van der Waals surface area contributed by atoms with Crippen molar-refractivity contribution < 1.29 is 5.11 Å². The van der Waals surface area contributed by atoms with Gasteiger partial charge in [-0.3, -0.25) is 4.90 Å². The zero-order chi connectivity index (χ0) is 13.5. The number of unbranched alkanes of at least 4 members (excludes halogenated alkanes) is 1. The molecule has 1 N–H and O–H groups in total. The van der Waals surface area contributed by atoms with Crippen molar-refractivity contribution in [2.45, 2.75) is 58.1 Å². The van der Waals surface area contributed by atoms with Crippen LogP contribution in [0.1, 0.15) is 46.0 Å². The molecule has 1 saturated heterocycles. The van der Waals surface area contributed by atoms with E-state index in [1.807, 2.05) is 0 Å². The number of rotatable bonds is 8. The minimum absolute atomic E-state index is 0.112. The van der Waals surface area contributed by atoms with Gasteiger partial charge in [-0.1, -0.05) is 33.1 Å². The smallest absolute Gasteiger partial charge is 0.0682 e. The van der Waals surface area contributed by atoms with E-state index in [0.717, 1.165) is 25.4 Å². The van der Waals surface area contributed by atoms with Crippen LogP contribution in [0.25, 0.3) is 0 Å². The van der Waals surface area contributed by atoms with E-state index in [2.05, 4.69) is 37.7 Å². The van der Waals surface area contributed by atoms with E-state index in [-0.39, 0.29) is 6.10 Å². The number of hydrogen-bond acceptors (Lipinski definition) is 3. The topological polar surface area (TPSA) is 26.7 Å². The molecule has 0 spiro atoms. The van der Waals surface area contributed by atoms with Crippen LogP contribution in [-0.2, 0) is 0 Å². The number of nitrogens with zero attached hydrogens (tertiary/aromatic N) is 2. The molecule has 0 bridgehead atoms. The largest absolute Gasteiger partial charge is 0.392 e. The van der Waals surface area contributed by atoms with Crippen LogP contribution in [0.5, 0.6) is 0 Å². The summed E-state index contributed by atoms with van der Waals surface area (Å²) in [6, 6.07) is 0.547. The molecule has 3 unspecified atom stereocenters. The van der Waals surface area contributed by atoms with Crippen LogP contribution < -0.4 is 0 Å². The molecule has 1 aliphatic heterocycles. The Morgan fingerprint density at radius 1 is 1.33 bits per heavy atom. The number of likely N-dealkylation sites (tertiary alicyclic amines) is 1. The summed E-state index contributed by atoms with van der Waals surface area (Å²) in [6.45, 7) is 7.68. The first-order valence-electron chi connectivity index (χ1n) is 7.63. The summed E-state index contributed by atoms with van der Waals surface area (Å²) in [5.41, 5.74) is 0. The van der Waals surface area contributed by atoms with Gasteiger partial charge < -0.3 is 10.0 Å². The molecule has 0 saturated carbocycles. The normalized spacial score (nSPS) is 27.0. The Hall–Kier alpha value is -0.120. The van der Waals surface area contributed by atoms with Gasteiger partial charge >= 0.3 is 0 Å². The Bertz CT molecular complexity index is 221. The first-order chi connectivity index (χ1) is 8.56. The van der Waals surface area contributed by atoms with E-state index < -0.39 is 0 Å². The minimum atomic E-state index is -0.112. The van der Waals surface area contributed by atoms with Crippen molar-refractivity contribution in [1.29, 1.82) is 0 Å². The molecule has 0 amide bonds. The lowest BCUT2D eigenvalue weighted by Gasteiger charge is -2.30. The van der Waals surface area contributed by atoms with Crippen molar-refractivity contribution in [2.75, 3.05) is 33.7 Å². The molecule has 1 heterocycles. The molecule has 0 aromatic carbocycles. The summed E-state index contributed by atoms with van der Waals surface area (Å²) in [6.07, 6.45) is 6.07.